The molecule has 4 rings (SSSR count). The quantitative estimate of drug-likeness (QED) is 0.177. The van der Waals surface area contributed by atoms with Crippen LogP contribution in [0.1, 0.15) is 17.5 Å². The van der Waals surface area contributed by atoms with Gasteiger partial charge in [-0.1, -0.05) is 0 Å². The number of phenolic OH excluding ortho intramolecular Hbond substituents is 1. The van der Waals surface area contributed by atoms with E-state index >= 15 is 0 Å². The molecule has 2 saturated carbocycles. The summed E-state index contributed by atoms with van der Waals surface area (Å²) in [5, 5.41) is 42.9. The molecule has 0 unspecified atom stereocenters. The molecule has 2 fully saturated rings. The predicted octanol–water partition coefficient (Wildman–Crippen LogP) is 0.0300. The van der Waals surface area contributed by atoms with Crippen LogP contribution in [0.4, 0.5) is 5.69 Å². The Bertz CT molecular complexity index is 1160. The van der Waals surface area contributed by atoms with Crippen molar-refractivity contribution in [1.29, 1.82) is 0 Å². The Balaban J connectivity index is 1.97. The van der Waals surface area contributed by atoms with Crippen molar-refractivity contribution in [3.05, 3.63) is 40.3 Å². The maximum absolute atomic E-state index is 13.7. The van der Waals surface area contributed by atoms with E-state index in [1.165, 1.54) is 11.0 Å². The number of rotatable bonds is 2. The van der Waals surface area contributed by atoms with Gasteiger partial charge in [0.2, 0.25) is 11.6 Å². The molecule has 0 saturated heterocycles. The molecule has 10 nitrogen and oxygen atoms in total. The van der Waals surface area contributed by atoms with Crippen LogP contribution in [-0.2, 0) is 20.8 Å². The van der Waals surface area contributed by atoms with Gasteiger partial charge >= 0.3 is 0 Å². The summed E-state index contributed by atoms with van der Waals surface area (Å²) in [5.41, 5.74) is 3.11. The van der Waals surface area contributed by atoms with Crippen LogP contribution in [0.3, 0.4) is 0 Å². The number of aliphatic hydroxyl groups excluding tert-OH is 2. The molecule has 0 heterocycles. The molecule has 1 aromatic rings. The fourth-order valence-corrected chi connectivity index (χ4v) is 5.63. The number of likely N-dealkylation sites (N-methyl/N-ethyl adjacent to an activating group) is 1. The van der Waals surface area contributed by atoms with Crippen LogP contribution in [0, 0.1) is 11.8 Å². The molecule has 0 amide bonds. The summed E-state index contributed by atoms with van der Waals surface area (Å²) < 4.78 is 0. The number of fused-ring (bicyclic) bond motifs is 3. The minimum absolute atomic E-state index is 0.0442. The lowest BCUT2D eigenvalue weighted by atomic mass is 9.56. The summed E-state index contributed by atoms with van der Waals surface area (Å²) in [6.45, 7) is 0. The fourth-order valence-electron chi connectivity index (χ4n) is 5.63. The molecule has 10 heteroatoms. The number of carbonyl (C=O) groups is 3. The fraction of sp³-hybridized carbons (Fsp3) is 0.435. The zero-order valence-corrected chi connectivity index (χ0v) is 18.8. The summed E-state index contributed by atoms with van der Waals surface area (Å²) in [6.07, 6.45) is 0.296. The first-order chi connectivity index (χ1) is 15.3. The van der Waals surface area contributed by atoms with E-state index in [1.54, 1.807) is 34.3 Å². The van der Waals surface area contributed by atoms with Crippen LogP contribution in [0.5, 0.6) is 5.75 Å². The van der Waals surface area contributed by atoms with Crippen LogP contribution in [-0.4, -0.2) is 82.5 Å². The van der Waals surface area contributed by atoms with Gasteiger partial charge in [0.25, 0.3) is 0 Å². The van der Waals surface area contributed by atoms with Crippen molar-refractivity contribution in [2.75, 3.05) is 33.1 Å². The Morgan fingerprint density at radius 3 is 2.27 bits per heavy atom. The van der Waals surface area contributed by atoms with E-state index in [2.05, 4.69) is 0 Å². The predicted molar refractivity (Wildman–Crippen MR) is 119 cm³/mol. The number of phenols is 1. The van der Waals surface area contributed by atoms with Crippen molar-refractivity contribution in [3.8, 4) is 5.75 Å². The SMILES string of the molecule is CN(C)c1ccc(O)c2c1C[C@H]1C[C@H]3[C@H](N(C)C)C(=O)/C(=C(/N)O)C(=O)[C@@]3(O)C(=O)C1=C2O. The molecule has 3 aliphatic carbocycles. The van der Waals surface area contributed by atoms with Gasteiger partial charge in [-0.25, -0.2) is 0 Å². The zero-order chi connectivity index (χ0) is 24.6. The van der Waals surface area contributed by atoms with Crippen LogP contribution < -0.4 is 10.6 Å². The number of nitrogens with zero attached hydrogens (tertiary/aromatic N) is 2. The summed E-state index contributed by atoms with van der Waals surface area (Å²) in [4.78, 5) is 43.2. The van der Waals surface area contributed by atoms with Gasteiger partial charge < -0.3 is 31.1 Å². The number of Topliss-reactive ketones (excluding diaryl/α,β-unsaturated/α-hetero) is 3. The number of hydrogen-bond donors (Lipinski definition) is 5. The lowest BCUT2D eigenvalue weighted by Gasteiger charge is -2.50. The Morgan fingerprint density at radius 2 is 1.73 bits per heavy atom. The smallest absolute Gasteiger partial charge is 0.211 e. The summed E-state index contributed by atoms with van der Waals surface area (Å²) in [5.74, 6) is -6.64. The Kier molecular flexibility index (Phi) is 5.06. The Hall–Kier alpha value is -3.37. The van der Waals surface area contributed by atoms with Gasteiger partial charge in [0.05, 0.1) is 11.6 Å². The van der Waals surface area contributed by atoms with E-state index < -0.39 is 58.0 Å². The maximum Gasteiger partial charge on any atom is 0.211 e. The highest BCUT2D eigenvalue weighted by Gasteiger charge is 2.66. The molecule has 0 aromatic heterocycles. The average molecular weight is 457 g/mol. The first-order valence-corrected chi connectivity index (χ1v) is 10.5. The van der Waals surface area contributed by atoms with Crippen molar-refractivity contribution in [2.45, 2.75) is 24.5 Å². The van der Waals surface area contributed by atoms with E-state index in [1.807, 2.05) is 4.90 Å². The number of anilines is 1. The first-order valence-electron chi connectivity index (χ1n) is 10.5. The molecule has 1 aromatic carbocycles. The number of nitrogens with two attached hydrogens (primary N) is 1. The summed E-state index contributed by atoms with van der Waals surface area (Å²) in [7, 11) is 6.74. The van der Waals surface area contributed by atoms with Gasteiger partial charge in [0.1, 0.15) is 17.1 Å². The molecule has 176 valence electrons. The maximum atomic E-state index is 13.7. The lowest BCUT2D eigenvalue weighted by molar-refractivity contribution is -0.165. The van der Waals surface area contributed by atoms with Crippen LogP contribution in [0.25, 0.3) is 5.76 Å². The van der Waals surface area contributed by atoms with Gasteiger partial charge in [-0.05, 0) is 50.6 Å². The number of aliphatic hydroxyl groups is 3. The third-order valence-corrected chi connectivity index (χ3v) is 7.05. The molecule has 6 N–H and O–H groups in total. The molecule has 4 atom stereocenters. The summed E-state index contributed by atoms with van der Waals surface area (Å²) >= 11 is 0. The third-order valence-electron chi connectivity index (χ3n) is 7.05. The Morgan fingerprint density at radius 1 is 1.09 bits per heavy atom. The minimum Gasteiger partial charge on any atom is -0.507 e. The first kappa shape index (κ1) is 22.8. The summed E-state index contributed by atoms with van der Waals surface area (Å²) in [6, 6.07) is 2.00. The second-order valence-corrected chi connectivity index (χ2v) is 9.31. The van der Waals surface area contributed by atoms with E-state index in [0.717, 1.165) is 5.69 Å². The highest BCUT2D eigenvalue weighted by atomic mass is 16.3. The van der Waals surface area contributed by atoms with E-state index in [-0.39, 0.29) is 29.7 Å². The number of benzene rings is 1. The average Bonchev–Trinajstić information content (AvgIpc) is 2.70. The van der Waals surface area contributed by atoms with E-state index in [4.69, 9.17) is 5.73 Å². The normalized spacial score (nSPS) is 30.7. The molecule has 3 aliphatic rings. The van der Waals surface area contributed by atoms with Crippen LogP contribution in [0.2, 0.25) is 0 Å². The standard InChI is InChI=1S/C23H27N3O7/c1-25(2)12-5-6-13(27)15-10(12)7-9-8-11-17(26(3)4)19(29)16(22(24)32)21(31)23(11,33)20(30)14(9)18(15)28/h5-6,9,11,17,27-28,32-33H,7-8,24H2,1-4H3/b22-16+/t9-,11-,17-,23-/m0/s1. The van der Waals surface area contributed by atoms with Gasteiger partial charge in [-0.2, -0.15) is 0 Å². The molecule has 0 radical (unpaired) electrons. The second-order valence-electron chi connectivity index (χ2n) is 9.31. The van der Waals surface area contributed by atoms with E-state index in [0.29, 0.717) is 5.56 Å². The molecule has 0 aliphatic heterocycles. The van der Waals surface area contributed by atoms with Gasteiger partial charge in [0.15, 0.2) is 17.3 Å². The Labute approximate surface area is 190 Å². The van der Waals surface area contributed by atoms with Crippen molar-refractivity contribution in [2.24, 2.45) is 17.6 Å². The molecule has 0 bridgehead atoms. The number of carbonyl (C=O) groups excluding carboxylic acids is 3. The largest absolute Gasteiger partial charge is 0.507 e. The molecule has 33 heavy (non-hydrogen) atoms. The topological polar surface area (TPSA) is 165 Å². The van der Waals surface area contributed by atoms with Crippen molar-refractivity contribution < 1.29 is 34.8 Å². The number of hydrogen-bond acceptors (Lipinski definition) is 10. The van der Waals surface area contributed by atoms with Crippen molar-refractivity contribution >= 4 is 28.8 Å². The van der Waals surface area contributed by atoms with Crippen molar-refractivity contribution in [1.82, 2.24) is 4.90 Å². The second kappa shape index (κ2) is 7.32. The molecular formula is C23H27N3O7. The van der Waals surface area contributed by atoms with Crippen LogP contribution in [0.15, 0.2) is 29.2 Å². The lowest BCUT2D eigenvalue weighted by Crippen LogP contribution is -2.69. The van der Waals surface area contributed by atoms with Crippen LogP contribution >= 0.6 is 0 Å². The monoisotopic (exact) mass is 457 g/mol. The zero-order valence-electron chi connectivity index (χ0n) is 18.8. The highest BCUT2D eigenvalue weighted by Crippen LogP contribution is 2.52. The molecular weight excluding hydrogens is 430 g/mol. The highest BCUT2D eigenvalue weighted by molar-refractivity contribution is 6.35. The van der Waals surface area contributed by atoms with Gasteiger partial charge in [-0.15, -0.1) is 0 Å². The van der Waals surface area contributed by atoms with Crippen molar-refractivity contribution in [3.63, 3.8) is 0 Å². The molecule has 0 spiro atoms. The van der Waals surface area contributed by atoms with E-state index in [9.17, 15) is 34.8 Å². The minimum atomic E-state index is -2.70. The third kappa shape index (κ3) is 2.90. The van der Waals surface area contributed by atoms with Gasteiger partial charge in [0, 0.05) is 31.3 Å². The van der Waals surface area contributed by atoms with Gasteiger partial charge in [-0.3, -0.25) is 19.3 Å². The number of ketones is 3. The number of aromatic hydroxyl groups is 1.